The molecule has 6 heteroatoms. The molecule has 0 radical (unpaired) electrons. The van der Waals surface area contributed by atoms with Crippen LogP contribution in [0.25, 0.3) is 0 Å². The van der Waals surface area contributed by atoms with Crippen molar-refractivity contribution in [2.45, 2.75) is 46.2 Å². The number of nitrogens with zero attached hydrogens (tertiary/aromatic N) is 1. The summed E-state index contributed by atoms with van der Waals surface area (Å²) in [5.41, 5.74) is 2.67. The van der Waals surface area contributed by atoms with Crippen LogP contribution in [0.4, 0.5) is 0 Å². The fourth-order valence-corrected chi connectivity index (χ4v) is 2.47. The van der Waals surface area contributed by atoms with Gasteiger partial charge >= 0.3 is 0 Å². The highest BCUT2D eigenvalue weighted by Crippen LogP contribution is 2.15. The van der Waals surface area contributed by atoms with Gasteiger partial charge < -0.3 is 10.6 Å². The van der Waals surface area contributed by atoms with Crippen molar-refractivity contribution in [2.24, 2.45) is 5.92 Å². The number of carbonyl (C=O) groups is 1. The molecule has 1 unspecified atom stereocenters. The summed E-state index contributed by atoms with van der Waals surface area (Å²) < 4.78 is 0. The number of halogens is 1. The molecule has 0 aliphatic carbocycles. The third-order valence-corrected chi connectivity index (χ3v) is 3.22. The minimum absolute atomic E-state index is 0. The Kier molecular flexibility index (Phi) is 5.82. The van der Waals surface area contributed by atoms with Crippen LogP contribution in [0.2, 0.25) is 0 Å². The number of aromatic nitrogens is 2. The van der Waals surface area contributed by atoms with Gasteiger partial charge in [0.1, 0.15) is 0 Å². The number of aromatic amines is 1. The second-order valence-electron chi connectivity index (χ2n) is 5.46. The lowest BCUT2D eigenvalue weighted by molar-refractivity contribution is 0.0930. The quantitative estimate of drug-likeness (QED) is 0.788. The zero-order valence-corrected chi connectivity index (χ0v) is 12.6. The van der Waals surface area contributed by atoms with Gasteiger partial charge in [0, 0.05) is 36.8 Å². The minimum Gasteiger partial charge on any atom is -0.348 e. The lowest BCUT2D eigenvalue weighted by atomic mass is 10.0. The third kappa shape index (κ3) is 3.94. The summed E-state index contributed by atoms with van der Waals surface area (Å²) in [5.74, 6) is 0.513. The highest BCUT2D eigenvalue weighted by Gasteiger charge is 2.22. The van der Waals surface area contributed by atoms with E-state index in [1.807, 2.05) is 6.92 Å². The predicted octanol–water partition coefficient (Wildman–Crippen LogP) is 1.64. The molecule has 1 aliphatic rings. The molecule has 1 atom stereocenters. The molecule has 1 aromatic rings. The zero-order valence-electron chi connectivity index (χ0n) is 11.7. The van der Waals surface area contributed by atoms with Crippen LogP contribution in [-0.2, 0) is 13.0 Å². The van der Waals surface area contributed by atoms with Crippen molar-refractivity contribution in [3.63, 3.8) is 0 Å². The van der Waals surface area contributed by atoms with Crippen molar-refractivity contribution >= 4 is 18.3 Å². The van der Waals surface area contributed by atoms with Crippen molar-refractivity contribution in [1.29, 1.82) is 0 Å². The lowest BCUT2D eigenvalue weighted by Crippen LogP contribution is -2.35. The van der Waals surface area contributed by atoms with E-state index in [9.17, 15) is 4.79 Å². The van der Waals surface area contributed by atoms with Crippen molar-refractivity contribution in [2.75, 3.05) is 6.54 Å². The molecule has 2 rings (SSSR count). The van der Waals surface area contributed by atoms with E-state index in [4.69, 9.17) is 0 Å². The number of amides is 1. The van der Waals surface area contributed by atoms with Crippen molar-refractivity contribution < 1.29 is 4.79 Å². The molecular weight excluding hydrogens is 264 g/mol. The third-order valence-electron chi connectivity index (χ3n) is 3.22. The Morgan fingerprint density at radius 3 is 2.84 bits per heavy atom. The number of hydrogen-bond acceptors (Lipinski definition) is 3. The van der Waals surface area contributed by atoms with Crippen LogP contribution in [-0.4, -0.2) is 28.7 Å². The summed E-state index contributed by atoms with van der Waals surface area (Å²) in [6.07, 6.45) is 1.90. The molecule has 5 nitrogen and oxygen atoms in total. The summed E-state index contributed by atoms with van der Waals surface area (Å²) in [6.45, 7) is 8.02. The van der Waals surface area contributed by atoms with Gasteiger partial charge in [-0.2, -0.15) is 5.10 Å². The van der Waals surface area contributed by atoms with Gasteiger partial charge in [0.15, 0.2) is 5.69 Å². The van der Waals surface area contributed by atoms with Gasteiger partial charge in [-0.25, -0.2) is 0 Å². The molecule has 0 fully saturated rings. The molecule has 1 amide bonds. The van der Waals surface area contributed by atoms with Crippen LogP contribution in [0.5, 0.6) is 0 Å². The van der Waals surface area contributed by atoms with Crippen LogP contribution >= 0.6 is 12.4 Å². The summed E-state index contributed by atoms with van der Waals surface area (Å²) in [6, 6.07) is 0.182. The van der Waals surface area contributed by atoms with Crippen molar-refractivity contribution in [1.82, 2.24) is 20.8 Å². The molecule has 0 spiro atoms. The Bertz CT molecular complexity index is 430. The molecular formula is C13H23ClN4O. The molecule has 0 saturated carbocycles. The summed E-state index contributed by atoms with van der Waals surface area (Å²) in [7, 11) is 0. The molecule has 0 saturated heterocycles. The second kappa shape index (κ2) is 6.91. The molecule has 1 aromatic heterocycles. The number of hydrogen-bond donors (Lipinski definition) is 3. The Labute approximate surface area is 120 Å². The highest BCUT2D eigenvalue weighted by molar-refractivity contribution is 5.94. The summed E-state index contributed by atoms with van der Waals surface area (Å²) in [4.78, 5) is 12.1. The molecule has 2 heterocycles. The van der Waals surface area contributed by atoms with Crippen LogP contribution in [0, 0.1) is 5.92 Å². The Balaban J connectivity index is 0.00000180. The first-order chi connectivity index (χ1) is 8.58. The maximum Gasteiger partial charge on any atom is 0.272 e. The monoisotopic (exact) mass is 286 g/mol. The smallest absolute Gasteiger partial charge is 0.272 e. The Morgan fingerprint density at radius 1 is 1.42 bits per heavy atom. The SMILES string of the molecule is CC(C)CC(C)NC(=O)c1n[nH]c2c1CNCC2.Cl. The highest BCUT2D eigenvalue weighted by atomic mass is 35.5. The van der Waals surface area contributed by atoms with Gasteiger partial charge in [-0.3, -0.25) is 9.89 Å². The Hall–Kier alpha value is -1.07. The number of H-pyrrole nitrogens is 1. The van der Waals surface area contributed by atoms with Gasteiger partial charge in [0.05, 0.1) is 0 Å². The maximum atomic E-state index is 12.1. The standard InChI is InChI=1S/C13H22N4O.ClH/c1-8(2)6-9(3)15-13(18)12-10-7-14-5-4-11(10)16-17-12;/h8-9,14H,4-7H2,1-3H3,(H,15,18)(H,16,17);1H. The minimum atomic E-state index is -0.0654. The first kappa shape index (κ1) is 16.0. The topological polar surface area (TPSA) is 69.8 Å². The molecule has 108 valence electrons. The van der Waals surface area contributed by atoms with Crippen LogP contribution in [0.1, 0.15) is 48.9 Å². The van der Waals surface area contributed by atoms with Gasteiger partial charge in [-0.05, 0) is 19.3 Å². The average Bonchev–Trinajstić information content (AvgIpc) is 2.71. The van der Waals surface area contributed by atoms with E-state index in [0.717, 1.165) is 37.2 Å². The first-order valence-corrected chi connectivity index (χ1v) is 6.65. The number of rotatable bonds is 4. The number of carbonyl (C=O) groups excluding carboxylic acids is 1. The molecule has 3 N–H and O–H groups in total. The van der Waals surface area contributed by atoms with Crippen molar-refractivity contribution in [3.05, 3.63) is 17.0 Å². The molecule has 1 aliphatic heterocycles. The number of fused-ring (bicyclic) bond motifs is 1. The largest absolute Gasteiger partial charge is 0.348 e. The second-order valence-corrected chi connectivity index (χ2v) is 5.46. The van der Waals surface area contributed by atoms with E-state index >= 15 is 0 Å². The number of nitrogens with one attached hydrogen (secondary N) is 3. The fraction of sp³-hybridized carbons (Fsp3) is 0.692. The van der Waals surface area contributed by atoms with E-state index in [2.05, 4.69) is 34.7 Å². The fourth-order valence-electron chi connectivity index (χ4n) is 2.47. The molecule has 0 bridgehead atoms. The molecule has 0 aromatic carbocycles. The van der Waals surface area contributed by atoms with E-state index in [1.54, 1.807) is 0 Å². The van der Waals surface area contributed by atoms with Gasteiger partial charge in [0.2, 0.25) is 0 Å². The summed E-state index contributed by atoms with van der Waals surface area (Å²) >= 11 is 0. The predicted molar refractivity (Wildman–Crippen MR) is 77.6 cm³/mol. The van der Waals surface area contributed by atoms with E-state index in [-0.39, 0.29) is 24.4 Å². The normalized spacial score (nSPS) is 15.6. The molecule has 19 heavy (non-hydrogen) atoms. The average molecular weight is 287 g/mol. The van der Waals surface area contributed by atoms with Gasteiger partial charge in [0.25, 0.3) is 5.91 Å². The van der Waals surface area contributed by atoms with E-state index in [0.29, 0.717) is 11.6 Å². The van der Waals surface area contributed by atoms with Crippen LogP contribution in [0.15, 0.2) is 0 Å². The van der Waals surface area contributed by atoms with Crippen LogP contribution < -0.4 is 10.6 Å². The Morgan fingerprint density at radius 2 is 2.16 bits per heavy atom. The lowest BCUT2D eigenvalue weighted by Gasteiger charge is -2.16. The first-order valence-electron chi connectivity index (χ1n) is 6.65. The zero-order chi connectivity index (χ0) is 13.1. The summed E-state index contributed by atoms with van der Waals surface area (Å²) in [5, 5.41) is 13.4. The van der Waals surface area contributed by atoms with E-state index < -0.39 is 0 Å². The van der Waals surface area contributed by atoms with Gasteiger partial charge in [-0.1, -0.05) is 13.8 Å². The van der Waals surface area contributed by atoms with Crippen LogP contribution in [0.3, 0.4) is 0 Å². The van der Waals surface area contributed by atoms with Crippen molar-refractivity contribution in [3.8, 4) is 0 Å². The van der Waals surface area contributed by atoms with E-state index in [1.165, 1.54) is 0 Å². The maximum absolute atomic E-state index is 12.1. The van der Waals surface area contributed by atoms with Gasteiger partial charge in [-0.15, -0.1) is 12.4 Å².